The topological polar surface area (TPSA) is 30.7 Å². The number of hydrogen-bond acceptors (Lipinski definition) is 2. The minimum atomic E-state index is 0.953. The highest BCUT2D eigenvalue weighted by Gasteiger charge is 2.01. The first-order valence-electron chi connectivity index (χ1n) is 3.01. The van der Waals surface area contributed by atoms with Crippen LogP contribution < -0.4 is 0 Å². The SMILES string of the molecule is Pn1ccc2c(I)ncnc21. The summed E-state index contributed by atoms with van der Waals surface area (Å²) >= 11 is 2.20. The van der Waals surface area contributed by atoms with Gasteiger partial charge >= 0.3 is 0 Å². The molecule has 0 spiro atoms. The molecule has 0 N–H and O–H groups in total. The number of fused-ring (bicyclic) bond motifs is 1. The van der Waals surface area contributed by atoms with Crippen molar-refractivity contribution >= 4 is 43.0 Å². The van der Waals surface area contributed by atoms with Crippen LogP contribution in [0.5, 0.6) is 0 Å². The number of rotatable bonds is 0. The average Bonchev–Trinajstić information content (AvgIpc) is 2.35. The molecule has 1 atom stereocenters. The highest BCUT2D eigenvalue weighted by atomic mass is 127. The molecule has 5 heteroatoms. The number of hydrogen-bond donors (Lipinski definition) is 0. The molecule has 0 bridgehead atoms. The molecule has 56 valence electrons. The van der Waals surface area contributed by atoms with E-state index >= 15 is 0 Å². The third-order valence-electron chi connectivity index (χ3n) is 1.46. The van der Waals surface area contributed by atoms with Crippen molar-refractivity contribution in [1.82, 2.24) is 14.3 Å². The summed E-state index contributed by atoms with van der Waals surface area (Å²) in [5.41, 5.74) is 0.953. The van der Waals surface area contributed by atoms with E-state index in [1.165, 1.54) is 0 Å². The van der Waals surface area contributed by atoms with E-state index in [0.29, 0.717) is 0 Å². The van der Waals surface area contributed by atoms with E-state index in [2.05, 4.69) is 41.9 Å². The molecule has 2 aromatic rings. The molecule has 2 aromatic heterocycles. The normalized spacial score (nSPS) is 10.7. The third kappa shape index (κ3) is 1.14. The maximum absolute atomic E-state index is 4.13. The van der Waals surface area contributed by atoms with Crippen LogP contribution in [-0.4, -0.2) is 14.3 Å². The number of aromatic nitrogens is 3. The Morgan fingerprint density at radius 3 is 3.00 bits per heavy atom. The van der Waals surface area contributed by atoms with Gasteiger partial charge in [0.15, 0.2) is 0 Å². The van der Waals surface area contributed by atoms with Gasteiger partial charge in [-0.2, -0.15) is 0 Å². The highest BCUT2D eigenvalue weighted by Crippen LogP contribution is 2.18. The summed E-state index contributed by atoms with van der Waals surface area (Å²) in [7, 11) is 2.58. The van der Waals surface area contributed by atoms with Gasteiger partial charge in [0.05, 0.1) is 5.39 Å². The first-order valence-corrected chi connectivity index (χ1v) is 4.61. The molecule has 0 saturated heterocycles. The second kappa shape index (κ2) is 2.68. The van der Waals surface area contributed by atoms with Gasteiger partial charge in [0.25, 0.3) is 0 Å². The Balaban J connectivity index is 2.94. The fourth-order valence-electron chi connectivity index (χ4n) is 0.940. The Morgan fingerprint density at radius 1 is 1.45 bits per heavy atom. The molecule has 0 saturated carbocycles. The molecule has 0 aliphatic heterocycles. The van der Waals surface area contributed by atoms with Crippen molar-refractivity contribution < 1.29 is 0 Å². The van der Waals surface area contributed by atoms with Crippen LogP contribution in [-0.2, 0) is 0 Å². The van der Waals surface area contributed by atoms with Gasteiger partial charge in [0.1, 0.15) is 15.7 Å². The van der Waals surface area contributed by atoms with Gasteiger partial charge in [-0.05, 0) is 38.0 Å². The molecule has 1 unspecified atom stereocenters. The van der Waals surface area contributed by atoms with Crippen LogP contribution in [0.25, 0.3) is 11.0 Å². The Hall–Kier alpha value is -0.220. The average molecular weight is 277 g/mol. The predicted octanol–water partition coefficient (Wildman–Crippen LogP) is 1.67. The van der Waals surface area contributed by atoms with E-state index in [9.17, 15) is 0 Å². The van der Waals surface area contributed by atoms with Crippen molar-refractivity contribution in [3.05, 3.63) is 22.3 Å². The lowest BCUT2D eigenvalue weighted by Gasteiger charge is -1.93. The van der Waals surface area contributed by atoms with Crippen LogP contribution in [0.15, 0.2) is 18.6 Å². The molecular formula is C6H5IN3P. The van der Waals surface area contributed by atoms with Gasteiger partial charge in [-0.15, -0.1) is 0 Å². The van der Waals surface area contributed by atoms with Crippen molar-refractivity contribution in [2.45, 2.75) is 0 Å². The molecule has 0 amide bonds. The molecule has 0 aliphatic rings. The molecule has 0 aromatic carbocycles. The van der Waals surface area contributed by atoms with Gasteiger partial charge in [-0.1, -0.05) is 0 Å². The fraction of sp³-hybridized carbons (Fsp3) is 0. The van der Waals surface area contributed by atoms with Crippen LogP contribution in [0.1, 0.15) is 0 Å². The van der Waals surface area contributed by atoms with Crippen LogP contribution in [0, 0.1) is 3.70 Å². The molecule has 0 aliphatic carbocycles. The third-order valence-corrected chi connectivity index (χ3v) is 2.74. The van der Waals surface area contributed by atoms with Gasteiger partial charge in [0, 0.05) is 6.20 Å². The summed E-state index contributed by atoms with van der Waals surface area (Å²) in [6.07, 6.45) is 3.52. The molecule has 0 radical (unpaired) electrons. The monoisotopic (exact) mass is 277 g/mol. The van der Waals surface area contributed by atoms with Crippen molar-refractivity contribution in [1.29, 1.82) is 0 Å². The number of nitrogens with zero attached hydrogens (tertiary/aromatic N) is 3. The van der Waals surface area contributed by atoms with Crippen molar-refractivity contribution in [2.24, 2.45) is 0 Å². The van der Waals surface area contributed by atoms with E-state index in [1.807, 2.05) is 16.6 Å². The zero-order valence-corrected chi connectivity index (χ0v) is 8.84. The Kier molecular flexibility index (Phi) is 1.81. The second-order valence-corrected chi connectivity index (χ2v) is 3.70. The summed E-state index contributed by atoms with van der Waals surface area (Å²) in [5.74, 6) is 0. The van der Waals surface area contributed by atoms with Crippen LogP contribution in [0.3, 0.4) is 0 Å². The van der Waals surface area contributed by atoms with Crippen molar-refractivity contribution in [3.63, 3.8) is 0 Å². The lowest BCUT2D eigenvalue weighted by Crippen LogP contribution is -1.86. The summed E-state index contributed by atoms with van der Waals surface area (Å²) in [6, 6.07) is 2.00. The first-order chi connectivity index (χ1) is 5.29. The molecule has 3 nitrogen and oxygen atoms in total. The Bertz CT molecular complexity index is 398. The van der Waals surface area contributed by atoms with Crippen molar-refractivity contribution in [2.75, 3.05) is 0 Å². The maximum atomic E-state index is 4.13. The number of halogens is 1. The van der Waals surface area contributed by atoms with Gasteiger partial charge in [-0.25, -0.2) is 9.97 Å². The quantitative estimate of drug-likeness (QED) is 0.416. The lowest BCUT2D eigenvalue weighted by molar-refractivity contribution is 1.16. The van der Waals surface area contributed by atoms with E-state index in [4.69, 9.17) is 0 Å². The molecule has 11 heavy (non-hydrogen) atoms. The lowest BCUT2D eigenvalue weighted by atomic mass is 10.4. The molecule has 0 fully saturated rings. The van der Waals surface area contributed by atoms with E-state index < -0.39 is 0 Å². The summed E-state index contributed by atoms with van der Waals surface area (Å²) < 4.78 is 2.90. The fourth-order valence-corrected chi connectivity index (χ4v) is 1.78. The molecular weight excluding hydrogens is 272 g/mol. The zero-order chi connectivity index (χ0) is 7.84. The summed E-state index contributed by atoms with van der Waals surface area (Å²) in [5, 5.41) is 1.10. The standard InChI is InChI=1S/C6H5IN3P/c7-5-4-1-2-10(11)6(4)9-3-8-5/h1-3H,11H2. The summed E-state index contributed by atoms with van der Waals surface area (Å²) in [4.78, 5) is 8.20. The minimum absolute atomic E-state index is 0.953. The Labute approximate surface area is 79.6 Å². The van der Waals surface area contributed by atoms with Gasteiger partial charge in [-0.3, -0.25) is 0 Å². The minimum Gasteiger partial charge on any atom is -0.317 e. The van der Waals surface area contributed by atoms with Crippen LogP contribution in [0.2, 0.25) is 0 Å². The Morgan fingerprint density at radius 2 is 2.27 bits per heavy atom. The zero-order valence-electron chi connectivity index (χ0n) is 5.53. The first kappa shape index (κ1) is 7.43. The summed E-state index contributed by atoms with van der Waals surface area (Å²) in [6.45, 7) is 0. The predicted molar refractivity (Wildman–Crippen MR) is 55.4 cm³/mol. The molecule has 2 rings (SSSR count). The van der Waals surface area contributed by atoms with Crippen LogP contribution in [0.4, 0.5) is 0 Å². The molecule has 2 heterocycles. The van der Waals surface area contributed by atoms with E-state index in [0.717, 1.165) is 14.7 Å². The van der Waals surface area contributed by atoms with Gasteiger partial charge < -0.3 is 4.34 Å². The second-order valence-electron chi connectivity index (χ2n) is 2.12. The largest absolute Gasteiger partial charge is 0.317 e. The van der Waals surface area contributed by atoms with Gasteiger partial charge in [0.2, 0.25) is 0 Å². The van der Waals surface area contributed by atoms with E-state index in [-0.39, 0.29) is 0 Å². The van der Waals surface area contributed by atoms with Crippen LogP contribution >= 0.6 is 32.0 Å². The smallest absolute Gasteiger partial charge is 0.147 e. The van der Waals surface area contributed by atoms with E-state index in [1.54, 1.807) is 6.33 Å². The van der Waals surface area contributed by atoms with Crippen molar-refractivity contribution in [3.8, 4) is 0 Å². The maximum Gasteiger partial charge on any atom is 0.147 e. The highest BCUT2D eigenvalue weighted by molar-refractivity contribution is 14.1.